The normalized spacial score (nSPS) is 15.5. The molecule has 0 spiro atoms. The van der Waals surface area contributed by atoms with Crippen molar-refractivity contribution in [2.24, 2.45) is 0 Å². The average Bonchev–Trinajstić information content (AvgIpc) is 3.18. The Bertz CT molecular complexity index is 729. The summed E-state index contributed by atoms with van der Waals surface area (Å²) in [6, 6.07) is 2.02. The highest BCUT2D eigenvalue weighted by Crippen LogP contribution is 2.26. The molecule has 0 atom stereocenters. The number of aromatic amines is 1. The Morgan fingerprint density at radius 1 is 1.19 bits per heavy atom. The molecule has 4 rings (SSSR count). The van der Waals surface area contributed by atoms with Gasteiger partial charge in [-0.3, -0.25) is 0 Å². The van der Waals surface area contributed by atoms with Crippen molar-refractivity contribution >= 4 is 40.0 Å². The molecule has 0 aromatic carbocycles. The van der Waals surface area contributed by atoms with Crippen molar-refractivity contribution in [1.82, 2.24) is 19.9 Å². The molecule has 0 bridgehead atoms. The predicted molar refractivity (Wildman–Crippen MR) is 85.3 cm³/mol. The van der Waals surface area contributed by atoms with E-state index in [2.05, 4.69) is 25.2 Å². The van der Waals surface area contributed by atoms with Gasteiger partial charge < -0.3 is 15.2 Å². The second kappa shape index (κ2) is 5.33. The molecule has 1 aliphatic rings. The number of hydrogen-bond acceptors (Lipinski definition) is 6. The lowest BCUT2D eigenvalue weighted by Gasteiger charge is -2.28. The highest BCUT2D eigenvalue weighted by atomic mass is 32.1. The molecule has 4 heterocycles. The van der Waals surface area contributed by atoms with Gasteiger partial charge in [0, 0.05) is 18.5 Å². The molecule has 3 aromatic rings. The number of thiophene rings is 1. The molecule has 0 unspecified atom stereocenters. The summed E-state index contributed by atoms with van der Waals surface area (Å²) in [6.07, 6.45) is 5.41. The third kappa shape index (κ3) is 2.44. The molecule has 1 fully saturated rings. The predicted octanol–water partition coefficient (Wildman–Crippen LogP) is 3.15. The first kappa shape index (κ1) is 12.6. The summed E-state index contributed by atoms with van der Waals surface area (Å²) >= 11 is 1.65. The number of H-pyrrole nitrogens is 1. The Labute approximate surface area is 126 Å². The minimum Gasteiger partial charge on any atom is -0.355 e. The van der Waals surface area contributed by atoms with E-state index >= 15 is 0 Å². The van der Waals surface area contributed by atoms with E-state index in [0.717, 1.165) is 30.1 Å². The van der Waals surface area contributed by atoms with Crippen LogP contribution in [0.4, 0.5) is 17.5 Å². The van der Waals surface area contributed by atoms with Gasteiger partial charge >= 0.3 is 0 Å². The molecule has 0 saturated carbocycles. The SMILES string of the molecule is c1nc2nc(Nc3ccsc3)nc(N3CCCCC3)c2[nH]1. The average molecular weight is 300 g/mol. The highest BCUT2D eigenvalue weighted by Gasteiger charge is 2.18. The fraction of sp³-hybridized carbons (Fsp3) is 0.357. The summed E-state index contributed by atoms with van der Waals surface area (Å²) in [7, 11) is 0. The lowest BCUT2D eigenvalue weighted by atomic mass is 10.1. The number of aromatic nitrogens is 4. The van der Waals surface area contributed by atoms with Gasteiger partial charge in [-0.2, -0.15) is 21.3 Å². The molecule has 6 nitrogen and oxygen atoms in total. The van der Waals surface area contributed by atoms with Crippen LogP contribution in [-0.2, 0) is 0 Å². The van der Waals surface area contributed by atoms with Gasteiger partial charge in [0.25, 0.3) is 0 Å². The summed E-state index contributed by atoms with van der Waals surface area (Å²) in [5.41, 5.74) is 2.65. The standard InChI is InChI=1S/C14H16N6S/c1-2-5-20(6-3-1)13-11-12(16-9-15-11)18-14(19-13)17-10-4-7-21-8-10/h4,7-9H,1-3,5-6H2,(H2,15,16,17,18,19). The molecular formula is C14H16N6S. The second-order valence-corrected chi connectivity index (χ2v) is 5.94. The first-order valence-corrected chi connectivity index (χ1v) is 8.10. The molecule has 0 aliphatic carbocycles. The summed E-state index contributed by atoms with van der Waals surface area (Å²) in [4.78, 5) is 19.0. The Morgan fingerprint density at radius 2 is 2.10 bits per heavy atom. The van der Waals surface area contributed by atoms with Crippen LogP contribution in [0.5, 0.6) is 0 Å². The number of piperidine rings is 1. The zero-order valence-corrected chi connectivity index (χ0v) is 12.4. The van der Waals surface area contributed by atoms with Crippen LogP contribution in [0.25, 0.3) is 11.2 Å². The fourth-order valence-electron chi connectivity index (χ4n) is 2.67. The number of rotatable bonds is 3. The summed E-state index contributed by atoms with van der Waals surface area (Å²) in [5.74, 6) is 1.56. The van der Waals surface area contributed by atoms with Crippen molar-refractivity contribution in [1.29, 1.82) is 0 Å². The Hall–Kier alpha value is -2.15. The number of imidazole rings is 1. The van der Waals surface area contributed by atoms with Gasteiger partial charge in [-0.15, -0.1) is 0 Å². The summed E-state index contributed by atoms with van der Waals surface area (Å²) in [5, 5.41) is 7.32. The van der Waals surface area contributed by atoms with Gasteiger partial charge in [-0.1, -0.05) is 0 Å². The molecular weight excluding hydrogens is 284 g/mol. The third-order valence-corrected chi connectivity index (χ3v) is 4.38. The first-order chi connectivity index (χ1) is 10.4. The van der Waals surface area contributed by atoms with Crippen LogP contribution in [0.15, 0.2) is 23.2 Å². The minimum atomic E-state index is 0.605. The quantitative estimate of drug-likeness (QED) is 0.777. The van der Waals surface area contributed by atoms with Gasteiger partial charge in [0.1, 0.15) is 5.52 Å². The van der Waals surface area contributed by atoms with Gasteiger partial charge in [0.15, 0.2) is 11.5 Å². The smallest absolute Gasteiger partial charge is 0.231 e. The van der Waals surface area contributed by atoms with E-state index in [0.29, 0.717) is 11.6 Å². The van der Waals surface area contributed by atoms with Gasteiger partial charge in [0.05, 0.1) is 12.0 Å². The number of nitrogens with zero attached hydrogens (tertiary/aromatic N) is 4. The molecule has 0 amide bonds. The van der Waals surface area contributed by atoms with E-state index in [1.54, 1.807) is 17.7 Å². The lowest BCUT2D eigenvalue weighted by molar-refractivity contribution is 0.574. The molecule has 7 heteroatoms. The topological polar surface area (TPSA) is 69.7 Å². The molecule has 0 radical (unpaired) electrons. The fourth-order valence-corrected chi connectivity index (χ4v) is 3.26. The molecule has 3 aromatic heterocycles. The van der Waals surface area contributed by atoms with Crippen molar-refractivity contribution < 1.29 is 0 Å². The molecule has 1 saturated heterocycles. The van der Waals surface area contributed by atoms with E-state index in [9.17, 15) is 0 Å². The van der Waals surface area contributed by atoms with Crippen molar-refractivity contribution in [3.8, 4) is 0 Å². The maximum absolute atomic E-state index is 4.71. The van der Waals surface area contributed by atoms with Crippen LogP contribution < -0.4 is 10.2 Å². The van der Waals surface area contributed by atoms with Gasteiger partial charge in [-0.25, -0.2) is 4.98 Å². The van der Waals surface area contributed by atoms with Gasteiger partial charge in [0.2, 0.25) is 5.95 Å². The van der Waals surface area contributed by atoms with Crippen LogP contribution in [-0.4, -0.2) is 33.0 Å². The van der Waals surface area contributed by atoms with Crippen LogP contribution >= 0.6 is 11.3 Å². The summed E-state index contributed by atoms with van der Waals surface area (Å²) < 4.78 is 0. The zero-order valence-electron chi connectivity index (χ0n) is 11.5. The highest BCUT2D eigenvalue weighted by molar-refractivity contribution is 7.08. The van der Waals surface area contributed by atoms with E-state index < -0.39 is 0 Å². The minimum absolute atomic E-state index is 0.605. The van der Waals surface area contributed by atoms with E-state index in [4.69, 9.17) is 4.98 Å². The third-order valence-electron chi connectivity index (χ3n) is 3.70. The molecule has 2 N–H and O–H groups in total. The number of fused-ring (bicyclic) bond motifs is 1. The van der Waals surface area contributed by atoms with Crippen LogP contribution in [0.1, 0.15) is 19.3 Å². The Morgan fingerprint density at radius 3 is 2.90 bits per heavy atom. The van der Waals surface area contributed by atoms with E-state index in [1.165, 1.54) is 19.3 Å². The number of hydrogen-bond donors (Lipinski definition) is 2. The second-order valence-electron chi connectivity index (χ2n) is 5.16. The van der Waals surface area contributed by atoms with Gasteiger partial charge in [-0.05, 0) is 30.7 Å². The van der Waals surface area contributed by atoms with Crippen LogP contribution in [0.2, 0.25) is 0 Å². The molecule has 108 valence electrons. The zero-order chi connectivity index (χ0) is 14.1. The van der Waals surface area contributed by atoms with Crippen molar-refractivity contribution in [2.45, 2.75) is 19.3 Å². The van der Waals surface area contributed by atoms with Crippen LogP contribution in [0.3, 0.4) is 0 Å². The maximum atomic E-state index is 4.71. The summed E-state index contributed by atoms with van der Waals surface area (Å²) in [6.45, 7) is 2.09. The maximum Gasteiger partial charge on any atom is 0.231 e. The number of anilines is 3. The lowest BCUT2D eigenvalue weighted by Crippen LogP contribution is -2.30. The van der Waals surface area contributed by atoms with E-state index in [-0.39, 0.29) is 0 Å². The molecule has 1 aliphatic heterocycles. The van der Waals surface area contributed by atoms with Crippen molar-refractivity contribution in [3.63, 3.8) is 0 Å². The Kier molecular flexibility index (Phi) is 3.19. The van der Waals surface area contributed by atoms with E-state index in [1.807, 2.05) is 16.8 Å². The van der Waals surface area contributed by atoms with Crippen molar-refractivity contribution in [3.05, 3.63) is 23.2 Å². The van der Waals surface area contributed by atoms with Crippen molar-refractivity contribution in [2.75, 3.05) is 23.3 Å². The largest absolute Gasteiger partial charge is 0.355 e. The monoisotopic (exact) mass is 300 g/mol. The molecule has 21 heavy (non-hydrogen) atoms. The van der Waals surface area contributed by atoms with Crippen LogP contribution in [0, 0.1) is 0 Å². The number of nitrogens with one attached hydrogen (secondary N) is 2. The Balaban J connectivity index is 1.74. The first-order valence-electron chi connectivity index (χ1n) is 7.15.